The van der Waals surface area contributed by atoms with Crippen molar-refractivity contribution in [3.63, 3.8) is 0 Å². The average Bonchev–Trinajstić information content (AvgIpc) is 2.97. The normalized spacial score (nSPS) is 20.1. The van der Waals surface area contributed by atoms with Crippen LogP contribution in [0.25, 0.3) is 0 Å². The van der Waals surface area contributed by atoms with Crippen LogP contribution in [0.15, 0.2) is 22.7 Å². The molecule has 0 amide bonds. The van der Waals surface area contributed by atoms with Crippen molar-refractivity contribution in [2.24, 2.45) is 0 Å². The molecule has 1 heterocycles. The fourth-order valence-corrected chi connectivity index (χ4v) is 3.26. The molecule has 0 radical (unpaired) electrons. The van der Waals surface area contributed by atoms with Crippen molar-refractivity contribution in [1.82, 2.24) is 5.32 Å². The maximum atomic E-state index is 5.86. The number of benzene rings is 1. The number of hydrogen-bond acceptors (Lipinski definition) is 3. The summed E-state index contributed by atoms with van der Waals surface area (Å²) < 4.78 is 12.2. The Balaban J connectivity index is 2.04. The van der Waals surface area contributed by atoms with E-state index in [0.717, 1.165) is 36.2 Å². The van der Waals surface area contributed by atoms with E-state index in [2.05, 4.69) is 40.3 Å². The van der Waals surface area contributed by atoms with Gasteiger partial charge < -0.3 is 14.8 Å². The Bertz CT molecular complexity index is 419. The van der Waals surface area contributed by atoms with Gasteiger partial charge in [-0.3, -0.25) is 0 Å². The summed E-state index contributed by atoms with van der Waals surface area (Å²) in [4.78, 5) is 0. The van der Waals surface area contributed by atoms with Crippen LogP contribution < -0.4 is 10.1 Å². The third-order valence-electron chi connectivity index (χ3n) is 3.74. The lowest BCUT2D eigenvalue weighted by Crippen LogP contribution is -2.41. The largest absolute Gasteiger partial charge is 0.496 e. The van der Waals surface area contributed by atoms with Gasteiger partial charge in [-0.05, 0) is 65.9 Å². The average molecular weight is 342 g/mol. The van der Waals surface area contributed by atoms with Crippen molar-refractivity contribution in [1.29, 1.82) is 0 Å². The maximum Gasteiger partial charge on any atom is 0.133 e. The first-order valence-electron chi connectivity index (χ1n) is 7.42. The summed E-state index contributed by atoms with van der Waals surface area (Å²) in [6, 6.07) is 6.71. The summed E-state index contributed by atoms with van der Waals surface area (Å²) in [6.07, 6.45) is 4.84. The Kier molecular flexibility index (Phi) is 6.33. The molecule has 0 spiro atoms. The van der Waals surface area contributed by atoms with Gasteiger partial charge in [0.2, 0.25) is 0 Å². The van der Waals surface area contributed by atoms with Crippen molar-refractivity contribution in [3.05, 3.63) is 28.2 Å². The summed E-state index contributed by atoms with van der Waals surface area (Å²) in [7, 11) is 1.69. The topological polar surface area (TPSA) is 30.5 Å². The van der Waals surface area contributed by atoms with Gasteiger partial charge >= 0.3 is 0 Å². The van der Waals surface area contributed by atoms with Gasteiger partial charge in [0.25, 0.3) is 0 Å². The van der Waals surface area contributed by atoms with Gasteiger partial charge in [0.15, 0.2) is 0 Å². The van der Waals surface area contributed by atoms with Gasteiger partial charge in [0.05, 0.1) is 17.7 Å². The molecular weight excluding hydrogens is 318 g/mol. The lowest BCUT2D eigenvalue weighted by molar-refractivity contribution is 0.0784. The first kappa shape index (κ1) is 15.8. The van der Waals surface area contributed by atoms with Gasteiger partial charge in [0.1, 0.15) is 5.75 Å². The van der Waals surface area contributed by atoms with Gasteiger partial charge in [-0.25, -0.2) is 0 Å². The van der Waals surface area contributed by atoms with Crippen LogP contribution in [0.2, 0.25) is 0 Å². The Morgan fingerprint density at radius 3 is 2.95 bits per heavy atom. The first-order valence-corrected chi connectivity index (χ1v) is 8.21. The molecule has 20 heavy (non-hydrogen) atoms. The van der Waals surface area contributed by atoms with Crippen LogP contribution in [0.3, 0.4) is 0 Å². The monoisotopic (exact) mass is 341 g/mol. The summed E-state index contributed by atoms with van der Waals surface area (Å²) in [5.74, 6) is 0.879. The highest BCUT2D eigenvalue weighted by atomic mass is 79.9. The Morgan fingerprint density at radius 2 is 2.35 bits per heavy atom. The van der Waals surface area contributed by atoms with Crippen LogP contribution in [-0.4, -0.2) is 32.4 Å². The molecule has 2 atom stereocenters. The molecule has 0 aromatic heterocycles. The van der Waals surface area contributed by atoms with Crippen molar-refractivity contribution < 1.29 is 9.47 Å². The van der Waals surface area contributed by atoms with Crippen molar-refractivity contribution >= 4 is 15.9 Å². The second kappa shape index (κ2) is 8.01. The summed E-state index contributed by atoms with van der Waals surface area (Å²) >= 11 is 3.56. The van der Waals surface area contributed by atoms with Crippen LogP contribution in [0.5, 0.6) is 5.75 Å². The molecule has 3 nitrogen and oxygen atoms in total. The number of rotatable bonds is 7. The zero-order valence-corrected chi connectivity index (χ0v) is 13.9. The molecule has 2 rings (SSSR count). The fourth-order valence-electron chi connectivity index (χ4n) is 2.68. The van der Waals surface area contributed by atoms with E-state index in [1.54, 1.807) is 7.11 Å². The quantitative estimate of drug-likeness (QED) is 0.822. The van der Waals surface area contributed by atoms with E-state index < -0.39 is 0 Å². The van der Waals surface area contributed by atoms with E-state index in [4.69, 9.17) is 9.47 Å². The highest BCUT2D eigenvalue weighted by molar-refractivity contribution is 9.10. The molecule has 0 saturated carbocycles. The predicted molar refractivity (Wildman–Crippen MR) is 85.5 cm³/mol. The number of nitrogens with one attached hydrogen (secondary N) is 1. The highest BCUT2D eigenvalue weighted by Crippen LogP contribution is 2.27. The second-order valence-corrected chi connectivity index (χ2v) is 6.14. The molecule has 1 N–H and O–H groups in total. The van der Waals surface area contributed by atoms with Gasteiger partial charge in [-0.15, -0.1) is 0 Å². The molecule has 1 aromatic rings. The Labute approximate surface area is 130 Å². The maximum absolute atomic E-state index is 5.86. The van der Waals surface area contributed by atoms with E-state index in [-0.39, 0.29) is 0 Å². The molecular formula is C16H24BrNO2. The molecule has 0 bridgehead atoms. The summed E-state index contributed by atoms with van der Waals surface area (Å²) in [5.41, 5.74) is 1.31. The smallest absolute Gasteiger partial charge is 0.133 e. The molecule has 1 aromatic carbocycles. The third kappa shape index (κ3) is 4.21. The van der Waals surface area contributed by atoms with Crippen molar-refractivity contribution in [2.45, 2.75) is 44.8 Å². The number of ether oxygens (including phenoxy) is 2. The van der Waals surface area contributed by atoms with E-state index in [9.17, 15) is 0 Å². The second-order valence-electron chi connectivity index (χ2n) is 5.29. The zero-order valence-electron chi connectivity index (χ0n) is 12.3. The lowest BCUT2D eigenvalue weighted by Gasteiger charge is -2.24. The minimum Gasteiger partial charge on any atom is -0.496 e. The van der Waals surface area contributed by atoms with Gasteiger partial charge in [0, 0.05) is 12.6 Å². The highest BCUT2D eigenvalue weighted by Gasteiger charge is 2.25. The molecule has 112 valence electrons. The molecule has 1 aliphatic rings. The summed E-state index contributed by atoms with van der Waals surface area (Å²) in [5, 5.41) is 3.64. The number of halogens is 1. The molecule has 1 fully saturated rings. The van der Waals surface area contributed by atoms with E-state index in [1.165, 1.54) is 18.4 Å². The lowest BCUT2D eigenvalue weighted by atomic mass is 9.99. The van der Waals surface area contributed by atoms with Crippen molar-refractivity contribution in [3.8, 4) is 5.75 Å². The molecule has 4 heteroatoms. The van der Waals surface area contributed by atoms with Crippen LogP contribution in [0, 0.1) is 0 Å². The predicted octanol–water partition coefficient (Wildman–Crippen LogP) is 3.55. The minimum atomic E-state index is 0.349. The molecule has 2 unspecified atom stereocenters. The summed E-state index contributed by atoms with van der Waals surface area (Å²) in [6.45, 7) is 4.15. The van der Waals surface area contributed by atoms with Crippen LogP contribution in [0.1, 0.15) is 31.7 Å². The van der Waals surface area contributed by atoms with E-state index in [0.29, 0.717) is 12.1 Å². The van der Waals surface area contributed by atoms with Crippen LogP contribution in [-0.2, 0) is 11.2 Å². The van der Waals surface area contributed by atoms with Crippen LogP contribution >= 0.6 is 15.9 Å². The molecule has 0 aliphatic carbocycles. The van der Waals surface area contributed by atoms with E-state index in [1.807, 2.05) is 6.07 Å². The molecule has 1 aliphatic heterocycles. The fraction of sp³-hybridized carbons (Fsp3) is 0.625. The Hall–Kier alpha value is -0.580. The third-order valence-corrected chi connectivity index (χ3v) is 4.36. The Morgan fingerprint density at radius 1 is 1.50 bits per heavy atom. The number of hydrogen-bond donors (Lipinski definition) is 1. The van der Waals surface area contributed by atoms with Gasteiger partial charge in [-0.2, -0.15) is 0 Å². The number of methoxy groups -OCH3 is 1. The SMILES string of the molecule is CCCNC(Cc1ccc(OC)c(Br)c1)C1CCCO1. The first-order chi connectivity index (χ1) is 9.74. The van der Waals surface area contributed by atoms with Crippen molar-refractivity contribution in [2.75, 3.05) is 20.3 Å². The van der Waals surface area contributed by atoms with E-state index >= 15 is 0 Å². The minimum absolute atomic E-state index is 0.349. The standard InChI is InChI=1S/C16H24BrNO2/c1-3-8-18-14(16-5-4-9-20-16)11-12-6-7-15(19-2)13(17)10-12/h6-7,10,14,16,18H,3-5,8-9,11H2,1-2H3. The molecule has 1 saturated heterocycles. The zero-order chi connectivity index (χ0) is 14.4. The van der Waals surface area contributed by atoms with Crippen LogP contribution in [0.4, 0.5) is 0 Å². The van der Waals surface area contributed by atoms with Gasteiger partial charge in [-0.1, -0.05) is 13.0 Å².